The fraction of sp³-hybridized carbons (Fsp3) is 0.846. The molecule has 0 amide bonds. The fourth-order valence-electron chi connectivity index (χ4n) is 2.32. The van der Waals surface area contributed by atoms with Crippen LogP contribution in [0.1, 0.15) is 51.4 Å². The van der Waals surface area contributed by atoms with Crippen molar-refractivity contribution >= 4 is 64.2 Å². The minimum absolute atomic E-state index is 0. The minimum Gasteiger partial charge on any atom is -0.818 e. The molecule has 0 heterocycles. The van der Waals surface area contributed by atoms with E-state index in [4.69, 9.17) is 0 Å². The summed E-state index contributed by atoms with van der Waals surface area (Å²) < 4.78 is 0. The van der Waals surface area contributed by atoms with E-state index in [1.807, 2.05) is 0 Å². The van der Waals surface area contributed by atoms with Crippen LogP contribution in [0.25, 0.3) is 0 Å². The summed E-state index contributed by atoms with van der Waals surface area (Å²) in [6, 6.07) is 0. The number of carbonyl (C=O) groups is 2. The molecule has 25 heavy (non-hydrogen) atoms. The Hall–Kier alpha value is 3.72. The van der Waals surface area contributed by atoms with Crippen molar-refractivity contribution in [3.8, 4) is 0 Å². The number of carbonyl (C=O) groups excluding carboxylic acids is 2. The molecule has 0 aliphatic heterocycles. The molecular weight excluding hydrogens is 586 g/mol. The van der Waals surface area contributed by atoms with Crippen LogP contribution in [0.2, 0.25) is 0 Å². The molecule has 2 aliphatic carbocycles. The molecule has 2 rings (SSSR count). The molecule has 2 saturated carbocycles. The van der Waals surface area contributed by atoms with Gasteiger partial charge in [-0.2, -0.15) is 0 Å². The average molecular weight is 608 g/mol. The maximum absolute atomic E-state index is 10.1. The van der Waals surface area contributed by atoms with Crippen LogP contribution >= 0.6 is 0 Å². The zero-order chi connectivity index (χ0) is 14.7. The van der Waals surface area contributed by atoms with Crippen LogP contribution in [-0.2, 0) is 104 Å². The molecular formula is C13H22Mo2Na2O4S4-. The first-order valence-corrected chi connectivity index (χ1v) is 7.76. The third kappa shape index (κ3) is 27.7. The van der Waals surface area contributed by atoms with Crippen molar-refractivity contribution in [3.63, 3.8) is 0 Å². The largest absolute Gasteiger partial charge is 3.00 e. The second-order valence-electron chi connectivity index (χ2n) is 4.72. The van der Waals surface area contributed by atoms with Crippen LogP contribution in [0.15, 0.2) is 0 Å². The Balaban J connectivity index is -0.0000000372. The standard InChI is InChI=1S/2C6H10O2.CH4S2.2Mo.2Na.2H2S/c2*7-6(8)5-3-1-2-4-5;2-1-3;;;;;;/h2*5H,1-4H2,(H,7,8);2-3H,1H2;;;;;2*1H2/q;;;;+3;2*+1;;/p-6. The van der Waals surface area contributed by atoms with Crippen molar-refractivity contribution < 1.29 is 121 Å². The van der Waals surface area contributed by atoms with Crippen molar-refractivity contribution in [3.05, 3.63) is 0 Å². The second kappa shape index (κ2) is 32.4. The van der Waals surface area contributed by atoms with Gasteiger partial charge in [-0.3, -0.25) is 0 Å². The molecule has 0 atom stereocenters. The first-order valence-electron chi connectivity index (χ1n) is 6.60. The van der Waals surface area contributed by atoms with Crippen molar-refractivity contribution in [2.24, 2.45) is 11.8 Å². The monoisotopic (exact) mass is 612 g/mol. The number of aliphatic carboxylic acids is 2. The van der Waals surface area contributed by atoms with Crippen LogP contribution in [-0.4, -0.2) is 17.0 Å². The number of hydrogen-bond donors (Lipinski definition) is 0. The number of rotatable bonds is 2. The Labute approximate surface area is 249 Å². The van der Waals surface area contributed by atoms with E-state index in [1.54, 1.807) is 0 Å². The van der Waals surface area contributed by atoms with E-state index in [0.29, 0.717) is 5.08 Å². The zero-order valence-electron chi connectivity index (χ0n) is 14.7. The predicted octanol–water partition coefficient (Wildman–Crippen LogP) is -6.65. The van der Waals surface area contributed by atoms with Gasteiger partial charge in [-0.1, -0.05) is 25.7 Å². The van der Waals surface area contributed by atoms with E-state index in [1.165, 1.54) is 0 Å². The summed E-state index contributed by atoms with van der Waals surface area (Å²) in [5, 5.41) is 20.6. The van der Waals surface area contributed by atoms with Gasteiger partial charge in [0.2, 0.25) is 0 Å². The van der Waals surface area contributed by atoms with E-state index < -0.39 is 11.9 Å². The third-order valence-corrected chi connectivity index (χ3v) is 3.38. The van der Waals surface area contributed by atoms with Gasteiger partial charge in [0.05, 0.1) is 0 Å². The van der Waals surface area contributed by atoms with Crippen LogP contribution < -0.4 is 69.3 Å². The molecule has 0 aromatic rings. The van der Waals surface area contributed by atoms with E-state index >= 15 is 0 Å². The van der Waals surface area contributed by atoms with Crippen molar-refractivity contribution in [2.45, 2.75) is 51.4 Å². The molecule has 137 valence electrons. The van der Waals surface area contributed by atoms with Crippen molar-refractivity contribution in [1.29, 1.82) is 0 Å². The number of carboxylic acids is 2. The van der Waals surface area contributed by atoms with Crippen LogP contribution in [0.4, 0.5) is 0 Å². The molecule has 1 radical (unpaired) electrons. The van der Waals surface area contributed by atoms with Gasteiger partial charge in [-0.15, -0.1) is 0 Å². The van der Waals surface area contributed by atoms with Crippen LogP contribution in [0.5, 0.6) is 0 Å². The van der Waals surface area contributed by atoms with Gasteiger partial charge in [0.15, 0.2) is 0 Å². The quantitative estimate of drug-likeness (QED) is 0.174. The summed E-state index contributed by atoms with van der Waals surface area (Å²) >= 11 is 8.42. The van der Waals surface area contributed by atoms with Gasteiger partial charge in [-0.05, 0) is 37.5 Å². The van der Waals surface area contributed by atoms with Crippen LogP contribution in [0, 0.1) is 11.8 Å². The molecule has 0 spiro atoms. The van der Waals surface area contributed by atoms with E-state index in [2.05, 4.69) is 25.3 Å². The molecule has 4 nitrogen and oxygen atoms in total. The molecule has 0 bridgehead atoms. The summed E-state index contributed by atoms with van der Waals surface area (Å²) in [7, 11) is 0. The SMILES string of the molecule is O=C([O-])C1CCCC1.O=C([O-])C1CCCC1.[Mo+3].[Mo].[Na+].[Na+].[S-]C[S-].[SH-].[SH-]. The normalized spacial score (nSPS) is 14.5. The number of carboxylic acid groups (broad SMARTS) is 2. The molecule has 12 heteroatoms. The second-order valence-corrected chi connectivity index (χ2v) is 5.66. The van der Waals surface area contributed by atoms with Gasteiger partial charge in [0, 0.05) is 33.0 Å². The van der Waals surface area contributed by atoms with E-state index in [9.17, 15) is 19.8 Å². The molecule has 2 aliphatic rings. The zero-order valence-corrected chi connectivity index (χ0v) is 26.1. The third-order valence-electron chi connectivity index (χ3n) is 3.38. The molecule has 0 N–H and O–H groups in total. The molecule has 2 fully saturated rings. The Bertz CT molecular complexity index is 259. The van der Waals surface area contributed by atoms with E-state index in [-0.39, 0.29) is 140 Å². The van der Waals surface area contributed by atoms with Crippen molar-refractivity contribution in [2.75, 3.05) is 5.08 Å². The fourth-order valence-corrected chi connectivity index (χ4v) is 2.32. The molecule has 0 aromatic heterocycles. The summed E-state index contributed by atoms with van der Waals surface area (Å²) in [6.45, 7) is 0. The summed E-state index contributed by atoms with van der Waals surface area (Å²) in [6.07, 6.45) is 7.61. The minimum atomic E-state index is -0.859. The molecule has 0 saturated heterocycles. The topological polar surface area (TPSA) is 80.3 Å². The number of hydrogen-bond acceptors (Lipinski definition) is 8. The maximum atomic E-state index is 10.1. The Kier molecular flexibility index (Phi) is 60.6. The first-order chi connectivity index (χ1) is 9.02. The predicted molar refractivity (Wildman–Crippen MR) is 91.0 cm³/mol. The van der Waals surface area contributed by atoms with Crippen molar-refractivity contribution in [1.82, 2.24) is 0 Å². The smallest absolute Gasteiger partial charge is 0.818 e. The summed E-state index contributed by atoms with van der Waals surface area (Å²) in [4.78, 5) is 20.2. The van der Waals surface area contributed by atoms with Gasteiger partial charge in [0.25, 0.3) is 0 Å². The summed E-state index contributed by atoms with van der Waals surface area (Å²) in [5.74, 6) is -1.98. The number of thiol groups is 2. The maximum Gasteiger partial charge on any atom is 3.00 e. The Morgan fingerprint density at radius 3 is 1.00 bits per heavy atom. The van der Waals surface area contributed by atoms with Gasteiger partial charge >= 0.3 is 80.2 Å². The van der Waals surface area contributed by atoms with Gasteiger partial charge in [-0.25, -0.2) is 0 Å². The van der Waals surface area contributed by atoms with E-state index in [0.717, 1.165) is 51.4 Å². The van der Waals surface area contributed by atoms with Gasteiger partial charge < -0.3 is 77.1 Å². The Morgan fingerprint density at radius 1 is 0.760 bits per heavy atom. The van der Waals surface area contributed by atoms with Crippen LogP contribution in [0.3, 0.4) is 0 Å². The van der Waals surface area contributed by atoms with Gasteiger partial charge in [0.1, 0.15) is 0 Å². The average Bonchev–Trinajstić information content (AvgIpc) is 3.05. The molecule has 0 unspecified atom stereocenters. The first kappa shape index (κ1) is 46.8. The molecule has 0 aromatic carbocycles. The summed E-state index contributed by atoms with van der Waals surface area (Å²) in [5.41, 5.74) is 0. The Morgan fingerprint density at radius 2 is 0.920 bits per heavy atom.